The molecule has 0 aromatic rings. The second-order valence-corrected chi connectivity index (χ2v) is 9.66. The van der Waals surface area contributed by atoms with E-state index in [0.29, 0.717) is 6.04 Å². The molecule has 3 aliphatic heterocycles. The number of β-lactam (4-membered cyclic amide) rings is 1. The molecule has 29 heavy (non-hydrogen) atoms. The molecule has 8 nitrogen and oxygen atoms in total. The first-order chi connectivity index (χ1) is 13.9. The Balaban J connectivity index is 1.55. The molecule has 6 atom stereocenters. The lowest BCUT2D eigenvalue weighted by Gasteiger charge is -2.46. The molecule has 9 heteroatoms. The number of carbonyl (C=O) groups excluding carboxylic acids is 1. The third-order valence-corrected chi connectivity index (χ3v) is 7.72. The molecule has 2 saturated heterocycles. The van der Waals surface area contributed by atoms with Crippen LogP contribution in [0.2, 0.25) is 0 Å². The minimum absolute atomic E-state index is 0.0711. The van der Waals surface area contributed by atoms with Crippen molar-refractivity contribution in [3.63, 3.8) is 0 Å². The van der Waals surface area contributed by atoms with Crippen LogP contribution >= 0.6 is 11.8 Å². The Hall–Kier alpha value is -1.13. The van der Waals surface area contributed by atoms with Crippen molar-refractivity contribution in [1.82, 2.24) is 15.5 Å². The normalized spacial score (nSPS) is 32.5. The number of aliphatic carboxylic acids is 1. The topological polar surface area (TPSA) is 122 Å². The van der Waals surface area contributed by atoms with E-state index in [9.17, 15) is 19.8 Å². The van der Waals surface area contributed by atoms with Gasteiger partial charge in [-0.05, 0) is 45.7 Å². The minimum atomic E-state index is -1.06. The van der Waals surface area contributed by atoms with Gasteiger partial charge >= 0.3 is 5.97 Å². The number of amides is 1. The molecule has 5 N–H and O–H groups in total. The van der Waals surface area contributed by atoms with Gasteiger partial charge in [0.05, 0.1) is 18.1 Å². The number of hydrogen-bond acceptors (Lipinski definition) is 7. The number of carboxylic acids is 1. The van der Waals surface area contributed by atoms with E-state index in [2.05, 4.69) is 10.6 Å². The molecule has 0 aliphatic carbocycles. The fourth-order valence-corrected chi connectivity index (χ4v) is 6.27. The molecule has 0 spiro atoms. The molecule has 0 radical (unpaired) electrons. The van der Waals surface area contributed by atoms with Gasteiger partial charge in [-0.1, -0.05) is 6.92 Å². The van der Waals surface area contributed by atoms with Gasteiger partial charge in [0, 0.05) is 35.3 Å². The average molecular weight is 428 g/mol. The van der Waals surface area contributed by atoms with Crippen LogP contribution in [-0.4, -0.2) is 81.8 Å². The van der Waals surface area contributed by atoms with Crippen LogP contribution in [0.1, 0.15) is 39.5 Å². The number of hydrogen-bond donors (Lipinski definition) is 5. The number of nitrogens with one attached hydrogen (secondary N) is 2. The Kier molecular flexibility index (Phi) is 7.61. The Morgan fingerprint density at radius 1 is 1.38 bits per heavy atom. The zero-order valence-electron chi connectivity index (χ0n) is 17.1. The molecule has 3 heterocycles. The van der Waals surface area contributed by atoms with Crippen LogP contribution in [0.3, 0.4) is 0 Å². The SMILES string of the molecule is C[C@@H](O)[C@H]1C(=O)N2C(C(=O)O)=C(S[C@@H]3CN[C@@H](CCCNCCCO)C3)[C@H](C)[C@H]12. The molecule has 164 valence electrons. The Morgan fingerprint density at radius 3 is 2.76 bits per heavy atom. The number of thioether (sulfide) groups is 1. The van der Waals surface area contributed by atoms with Crippen LogP contribution in [0.25, 0.3) is 0 Å². The molecule has 3 aliphatic rings. The summed E-state index contributed by atoms with van der Waals surface area (Å²) in [5, 5.41) is 35.6. The zero-order valence-corrected chi connectivity index (χ0v) is 18.0. The van der Waals surface area contributed by atoms with Crippen LogP contribution in [0, 0.1) is 11.8 Å². The monoisotopic (exact) mass is 427 g/mol. The summed E-state index contributed by atoms with van der Waals surface area (Å²) in [5.41, 5.74) is 0.117. The van der Waals surface area contributed by atoms with Crippen molar-refractivity contribution in [3.8, 4) is 0 Å². The van der Waals surface area contributed by atoms with Gasteiger partial charge in [-0.2, -0.15) is 0 Å². The van der Waals surface area contributed by atoms with Crippen LogP contribution in [0.15, 0.2) is 10.6 Å². The van der Waals surface area contributed by atoms with Gasteiger partial charge < -0.3 is 30.9 Å². The summed E-state index contributed by atoms with van der Waals surface area (Å²) in [6, 6.07) is 0.174. The van der Waals surface area contributed by atoms with E-state index in [4.69, 9.17) is 5.11 Å². The highest BCUT2D eigenvalue weighted by Crippen LogP contribution is 2.51. The highest BCUT2D eigenvalue weighted by atomic mass is 32.2. The maximum atomic E-state index is 12.4. The fraction of sp³-hybridized carbons (Fsp3) is 0.800. The number of aliphatic hydroxyl groups excluding tert-OH is 2. The molecule has 2 fully saturated rings. The molecular weight excluding hydrogens is 394 g/mol. The van der Waals surface area contributed by atoms with Gasteiger partial charge in [0.15, 0.2) is 0 Å². The smallest absolute Gasteiger partial charge is 0.353 e. The molecule has 0 aromatic carbocycles. The Labute approximate surface area is 176 Å². The van der Waals surface area contributed by atoms with Crippen molar-refractivity contribution in [2.24, 2.45) is 11.8 Å². The number of rotatable bonds is 11. The first-order valence-corrected chi connectivity index (χ1v) is 11.4. The largest absolute Gasteiger partial charge is 0.477 e. The van der Waals surface area contributed by atoms with Gasteiger partial charge in [-0.3, -0.25) is 4.79 Å². The molecule has 0 aromatic heterocycles. The van der Waals surface area contributed by atoms with Crippen LogP contribution in [0.5, 0.6) is 0 Å². The summed E-state index contributed by atoms with van der Waals surface area (Å²) in [5.74, 6) is -1.92. The number of aliphatic hydroxyl groups is 2. The van der Waals surface area contributed by atoms with E-state index in [-0.39, 0.29) is 35.4 Å². The van der Waals surface area contributed by atoms with Crippen molar-refractivity contribution in [1.29, 1.82) is 0 Å². The highest BCUT2D eigenvalue weighted by molar-refractivity contribution is 8.03. The van der Waals surface area contributed by atoms with E-state index in [1.54, 1.807) is 18.7 Å². The molecule has 1 amide bonds. The quantitative estimate of drug-likeness (QED) is 0.237. The number of fused-ring (bicyclic) bond motifs is 1. The second kappa shape index (κ2) is 9.78. The number of carbonyl (C=O) groups is 2. The third kappa shape index (κ3) is 4.64. The second-order valence-electron chi connectivity index (χ2n) is 8.32. The first-order valence-electron chi connectivity index (χ1n) is 10.6. The average Bonchev–Trinajstić information content (AvgIpc) is 3.20. The van der Waals surface area contributed by atoms with Crippen LogP contribution in [-0.2, 0) is 9.59 Å². The van der Waals surface area contributed by atoms with Crippen molar-refractivity contribution in [2.45, 2.75) is 63.0 Å². The maximum Gasteiger partial charge on any atom is 0.353 e. The first kappa shape index (κ1) is 22.6. The van der Waals surface area contributed by atoms with Gasteiger partial charge in [-0.15, -0.1) is 11.8 Å². The van der Waals surface area contributed by atoms with E-state index in [0.717, 1.165) is 50.2 Å². The van der Waals surface area contributed by atoms with Gasteiger partial charge in [0.25, 0.3) is 0 Å². The lowest BCUT2D eigenvalue weighted by molar-refractivity contribution is -0.163. The Bertz CT molecular complexity index is 656. The zero-order chi connectivity index (χ0) is 21.1. The summed E-state index contributed by atoms with van der Waals surface area (Å²) in [6.45, 7) is 6.37. The van der Waals surface area contributed by atoms with Gasteiger partial charge in [0.2, 0.25) is 5.91 Å². The Morgan fingerprint density at radius 2 is 2.10 bits per heavy atom. The maximum absolute atomic E-state index is 12.4. The van der Waals surface area contributed by atoms with E-state index >= 15 is 0 Å². The third-order valence-electron chi connectivity index (χ3n) is 6.20. The fourth-order valence-electron chi connectivity index (χ4n) is 4.75. The highest BCUT2D eigenvalue weighted by Gasteiger charge is 2.60. The van der Waals surface area contributed by atoms with Crippen LogP contribution < -0.4 is 10.6 Å². The summed E-state index contributed by atoms with van der Waals surface area (Å²) in [6.07, 6.45) is 3.09. The molecule has 0 unspecified atom stereocenters. The predicted molar refractivity (Wildman–Crippen MR) is 111 cm³/mol. The molecule has 3 rings (SSSR count). The summed E-state index contributed by atoms with van der Waals surface area (Å²) < 4.78 is 0. The lowest BCUT2D eigenvalue weighted by Crippen LogP contribution is -2.63. The lowest BCUT2D eigenvalue weighted by atomic mass is 9.79. The van der Waals surface area contributed by atoms with Crippen molar-refractivity contribution in [2.75, 3.05) is 26.2 Å². The summed E-state index contributed by atoms with van der Waals surface area (Å²) in [7, 11) is 0. The van der Waals surface area contributed by atoms with Crippen molar-refractivity contribution < 1.29 is 24.9 Å². The number of nitrogens with zero attached hydrogens (tertiary/aromatic N) is 1. The molecule has 0 bridgehead atoms. The summed E-state index contributed by atoms with van der Waals surface area (Å²) >= 11 is 1.59. The molecule has 0 saturated carbocycles. The minimum Gasteiger partial charge on any atom is -0.477 e. The van der Waals surface area contributed by atoms with E-state index < -0.39 is 18.0 Å². The predicted octanol–water partition coefficient (Wildman–Crippen LogP) is 0.356. The van der Waals surface area contributed by atoms with Gasteiger partial charge in [-0.25, -0.2) is 4.79 Å². The standard InChI is InChI=1S/C20H33N3O5S/c1-11-16-15(12(2)25)19(26)23(16)17(20(27)28)18(11)29-14-9-13(22-10-14)5-3-6-21-7-4-8-24/h11-16,21-22,24-25H,3-10H2,1-2H3,(H,27,28)/t11-,12-,13+,14+,15-,16-/m1/s1. The van der Waals surface area contributed by atoms with Gasteiger partial charge in [0.1, 0.15) is 5.70 Å². The van der Waals surface area contributed by atoms with E-state index in [1.807, 2.05) is 6.92 Å². The molecular formula is C20H33N3O5S. The van der Waals surface area contributed by atoms with E-state index in [1.165, 1.54) is 4.90 Å². The van der Waals surface area contributed by atoms with Crippen molar-refractivity contribution in [3.05, 3.63) is 10.6 Å². The summed E-state index contributed by atoms with van der Waals surface area (Å²) in [4.78, 5) is 26.5. The van der Waals surface area contributed by atoms with Crippen LogP contribution in [0.4, 0.5) is 0 Å². The van der Waals surface area contributed by atoms with Crippen molar-refractivity contribution >= 4 is 23.6 Å². The number of carboxylic acid groups (broad SMARTS) is 1.